The molecule has 0 aliphatic rings. The first kappa shape index (κ1) is 18.0. The summed E-state index contributed by atoms with van der Waals surface area (Å²) in [5, 5.41) is 5.67. The van der Waals surface area contributed by atoms with Gasteiger partial charge in [-0.1, -0.05) is 27.7 Å². The SMILES string of the molecule is COc1ccc(C(=O)NC(C(=O)NCC(C)C)C(C)C)cc1. The van der Waals surface area contributed by atoms with Gasteiger partial charge in [0, 0.05) is 12.1 Å². The first-order valence-corrected chi connectivity index (χ1v) is 7.57. The van der Waals surface area contributed by atoms with Crippen LogP contribution in [0, 0.1) is 11.8 Å². The summed E-state index contributed by atoms with van der Waals surface area (Å²) in [6, 6.07) is 6.25. The highest BCUT2D eigenvalue weighted by molar-refractivity contribution is 5.97. The molecule has 1 aromatic rings. The van der Waals surface area contributed by atoms with E-state index in [0.717, 1.165) is 0 Å². The fourth-order valence-electron chi connectivity index (χ4n) is 1.92. The van der Waals surface area contributed by atoms with Crippen LogP contribution in [-0.2, 0) is 4.79 Å². The third-order valence-corrected chi connectivity index (χ3v) is 3.27. The van der Waals surface area contributed by atoms with Crippen molar-refractivity contribution in [1.82, 2.24) is 10.6 Å². The second-order valence-corrected chi connectivity index (χ2v) is 6.06. The van der Waals surface area contributed by atoms with Crippen molar-refractivity contribution in [3.63, 3.8) is 0 Å². The van der Waals surface area contributed by atoms with Gasteiger partial charge >= 0.3 is 0 Å². The Labute approximate surface area is 132 Å². The van der Waals surface area contributed by atoms with Gasteiger partial charge in [-0.05, 0) is 36.1 Å². The number of carbonyl (C=O) groups is 2. The molecule has 1 aromatic carbocycles. The number of nitrogens with one attached hydrogen (secondary N) is 2. The van der Waals surface area contributed by atoms with Gasteiger partial charge in [0.15, 0.2) is 0 Å². The molecule has 1 rings (SSSR count). The molecule has 0 radical (unpaired) electrons. The zero-order valence-corrected chi connectivity index (χ0v) is 14.0. The number of amides is 2. The standard InChI is InChI=1S/C17H26N2O3/c1-11(2)10-18-17(21)15(12(3)4)19-16(20)13-6-8-14(22-5)9-7-13/h6-9,11-12,15H,10H2,1-5H3,(H,18,21)(H,19,20). The summed E-state index contributed by atoms with van der Waals surface area (Å²) in [7, 11) is 1.57. The number of methoxy groups -OCH3 is 1. The molecule has 1 unspecified atom stereocenters. The van der Waals surface area contributed by atoms with Crippen LogP contribution in [0.4, 0.5) is 0 Å². The predicted octanol–water partition coefficient (Wildman–Crippen LogP) is 2.22. The van der Waals surface area contributed by atoms with Crippen molar-refractivity contribution in [2.24, 2.45) is 11.8 Å². The third kappa shape index (κ3) is 5.39. The topological polar surface area (TPSA) is 67.4 Å². The Kier molecular flexibility index (Phi) is 6.89. The zero-order valence-electron chi connectivity index (χ0n) is 14.0. The van der Waals surface area contributed by atoms with Crippen molar-refractivity contribution in [2.45, 2.75) is 33.7 Å². The first-order chi connectivity index (χ1) is 10.3. The van der Waals surface area contributed by atoms with E-state index in [1.54, 1.807) is 31.4 Å². The van der Waals surface area contributed by atoms with E-state index in [1.165, 1.54) is 0 Å². The summed E-state index contributed by atoms with van der Waals surface area (Å²) < 4.78 is 5.06. The highest BCUT2D eigenvalue weighted by atomic mass is 16.5. The van der Waals surface area contributed by atoms with Gasteiger partial charge in [0.25, 0.3) is 5.91 Å². The minimum absolute atomic E-state index is 0.00867. The fraction of sp³-hybridized carbons (Fsp3) is 0.529. The molecule has 0 saturated heterocycles. The van der Waals surface area contributed by atoms with Gasteiger partial charge in [0.05, 0.1) is 7.11 Å². The highest BCUT2D eigenvalue weighted by Crippen LogP contribution is 2.12. The second kappa shape index (κ2) is 8.41. The molecule has 0 aromatic heterocycles. The van der Waals surface area contributed by atoms with Crippen molar-refractivity contribution >= 4 is 11.8 Å². The number of ether oxygens (including phenoxy) is 1. The number of benzene rings is 1. The van der Waals surface area contributed by atoms with Gasteiger partial charge in [-0.25, -0.2) is 0 Å². The van der Waals surface area contributed by atoms with Gasteiger partial charge in [-0.3, -0.25) is 9.59 Å². The molecule has 0 heterocycles. The normalized spacial score (nSPS) is 12.1. The van der Waals surface area contributed by atoms with Crippen LogP contribution in [0.15, 0.2) is 24.3 Å². The average molecular weight is 306 g/mol. The Balaban J connectivity index is 2.72. The van der Waals surface area contributed by atoms with E-state index in [4.69, 9.17) is 4.74 Å². The molecule has 0 aliphatic heterocycles. The van der Waals surface area contributed by atoms with Crippen molar-refractivity contribution in [3.8, 4) is 5.75 Å². The molecule has 0 bridgehead atoms. The molecule has 1 atom stereocenters. The molecule has 2 amide bonds. The average Bonchev–Trinajstić information content (AvgIpc) is 2.49. The molecule has 122 valence electrons. The van der Waals surface area contributed by atoms with Gasteiger partial charge < -0.3 is 15.4 Å². The van der Waals surface area contributed by atoms with Crippen LogP contribution in [-0.4, -0.2) is 31.5 Å². The van der Waals surface area contributed by atoms with E-state index in [0.29, 0.717) is 23.8 Å². The Bertz CT molecular complexity index is 495. The Morgan fingerprint density at radius 3 is 2.14 bits per heavy atom. The Morgan fingerprint density at radius 1 is 1.09 bits per heavy atom. The lowest BCUT2D eigenvalue weighted by Gasteiger charge is -2.22. The van der Waals surface area contributed by atoms with Crippen LogP contribution in [0.1, 0.15) is 38.1 Å². The molecule has 2 N–H and O–H groups in total. The summed E-state index contributed by atoms with van der Waals surface area (Å²) in [4.78, 5) is 24.5. The van der Waals surface area contributed by atoms with E-state index in [1.807, 2.05) is 27.7 Å². The largest absolute Gasteiger partial charge is 0.497 e. The lowest BCUT2D eigenvalue weighted by atomic mass is 10.0. The van der Waals surface area contributed by atoms with E-state index in [9.17, 15) is 9.59 Å². The maximum atomic E-state index is 12.3. The number of carbonyl (C=O) groups excluding carboxylic acids is 2. The maximum Gasteiger partial charge on any atom is 0.251 e. The monoisotopic (exact) mass is 306 g/mol. The van der Waals surface area contributed by atoms with Gasteiger partial charge in [0.1, 0.15) is 11.8 Å². The molecule has 5 heteroatoms. The molecule has 0 fully saturated rings. The summed E-state index contributed by atoms with van der Waals surface area (Å²) in [5.41, 5.74) is 0.503. The van der Waals surface area contributed by atoms with E-state index in [2.05, 4.69) is 10.6 Å². The Hall–Kier alpha value is -2.04. The first-order valence-electron chi connectivity index (χ1n) is 7.57. The van der Waals surface area contributed by atoms with Crippen LogP contribution in [0.3, 0.4) is 0 Å². The molecule has 0 spiro atoms. The van der Waals surface area contributed by atoms with Crippen molar-refractivity contribution < 1.29 is 14.3 Å². The van der Waals surface area contributed by atoms with Crippen molar-refractivity contribution in [2.75, 3.05) is 13.7 Å². The molecule has 5 nitrogen and oxygen atoms in total. The highest BCUT2D eigenvalue weighted by Gasteiger charge is 2.24. The van der Waals surface area contributed by atoms with Crippen LogP contribution in [0.25, 0.3) is 0 Å². The molecule has 0 saturated carbocycles. The van der Waals surface area contributed by atoms with Crippen molar-refractivity contribution in [1.29, 1.82) is 0 Å². The van der Waals surface area contributed by atoms with Gasteiger partial charge in [-0.15, -0.1) is 0 Å². The smallest absolute Gasteiger partial charge is 0.251 e. The second-order valence-electron chi connectivity index (χ2n) is 6.06. The van der Waals surface area contributed by atoms with Crippen LogP contribution in [0.2, 0.25) is 0 Å². The van der Waals surface area contributed by atoms with Crippen LogP contribution < -0.4 is 15.4 Å². The minimum atomic E-state index is -0.548. The summed E-state index contributed by atoms with van der Waals surface area (Å²) in [6.07, 6.45) is 0. The Morgan fingerprint density at radius 2 is 1.68 bits per heavy atom. The molecule has 0 aliphatic carbocycles. The molecule has 22 heavy (non-hydrogen) atoms. The lowest BCUT2D eigenvalue weighted by molar-refractivity contribution is -0.124. The van der Waals surface area contributed by atoms with E-state index >= 15 is 0 Å². The van der Waals surface area contributed by atoms with Gasteiger partial charge in [-0.2, -0.15) is 0 Å². The number of hydrogen-bond acceptors (Lipinski definition) is 3. The maximum absolute atomic E-state index is 12.3. The molecular formula is C17H26N2O3. The fourth-order valence-corrected chi connectivity index (χ4v) is 1.92. The zero-order chi connectivity index (χ0) is 16.7. The van der Waals surface area contributed by atoms with Gasteiger partial charge in [0.2, 0.25) is 5.91 Å². The summed E-state index contributed by atoms with van der Waals surface area (Å²) >= 11 is 0. The minimum Gasteiger partial charge on any atom is -0.497 e. The molecular weight excluding hydrogens is 280 g/mol. The van der Waals surface area contributed by atoms with Crippen molar-refractivity contribution in [3.05, 3.63) is 29.8 Å². The third-order valence-electron chi connectivity index (χ3n) is 3.27. The number of rotatable bonds is 7. The quantitative estimate of drug-likeness (QED) is 0.811. The predicted molar refractivity (Wildman–Crippen MR) is 86.9 cm³/mol. The van der Waals surface area contributed by atoms with Crippen LogP contribution in [0.5, 0.6) is 5.75 Å². The van der Waals surface area contributed by atoms with E-state index in [-0.39, 0.29) is 17.7 Å². The lowest BCUT2D eigenvalue weighted by Crippen LogP contribution is -2.50. The van der Waals surface area contributed by atoms with Crippen LogP contribution >= 0.6 is 0 Å². The summed E-state index contributed by atoms with van der Waals surface area (Å²) in [6.45, 7) is 8.48. The summed E-state index contributed by atoms with van der Waals surface area (Å²) in [5.74, 6) is 0.654. The number of hydrogen-bond donors (Lipinski definition) is 2. The van der Waals surface area contributed by atoms with E-state index < -0.39 is 6.04 Å².